The van der Waals surface area contributed by atoms with Crippen molar-refractivity contribution in [3.8, 4) is 0 Å². The van der Waals surface area contributed by atoms with Crippen molar-refractivity contribution in [1.82, 2.24) is 0 Å². The molecule has 0 aliphatic rings. The first-order valence-corrected chi connectivity index (χ1v) is 3.93. The van der Waals surface area contributed by atoms with Crippen LogP contribution in [0.2, 0.25) is 0 Å². The van der Waals surface area contributed by atoms with Gasteiger partial charge in [-0.25, -0.2) is 0 Å². The summed E-state index contributed by atoms with van der Waals surface area (Å²) in [6, 6.07) is 0.0347. The Balaban J connectivity index is 4.66. The molecule has 0 saturated heterocycles. The summed E-state index contributed by atoms with van der Waals surface area (Å²) in [6.07, 6.45) is 0. The van der Waals surface area contributed by atoms with Crippen molar-refractivity contribution < 1.29 is 0 Å². The molecule has 0 aromatic rings. The summed E-state index contributed by atoms with van der Waals surface area (Å²) < 4.78 is 0. The van der Waals surface area contributed by atoms with Crippen LogP contribution in [0, 0.1) is 0 Å². The first kappa shape index (κ1) is 10.5. The Labute approximate surface area is 74.3 Å². The molecule has 0 bridgehead atoms. The molecule has 2 heteroatoms. The predicted octanol–water partition coefficient (Wildman–Crippen LogP) is 2.86. The van der Waals surface area contributed by atoms with E-state index in [0.29, 0.717) is 0 Å². The van der Waals surface area contributed by atoms with Crippen LogP contribution in [0.25, 0.3) is 0 Å². The van der Waals surface area contributed by atoms with Crippen LogP contribution in [0.3, 0.4) is 0 Å². The molecule has 1 unspecified atom stereocenters. The second-order valence-corrected chi connectivity index (χ2v) is 3.37. The molecule has 1 atom stereocenters. The first-order chi connectivity index (χ1) is 5.00. The van der Waals surface area contributed by atoms with Crippen molar-refractivity contribution in [1.29, 1.82) is 0 Å². The van der Waals surface area contributed by atoms with Crippen molar-refractivity contribution in [3.05, 3.63) is 22.6 Å². The predicted molar refractivity (Wildman–Crippen MR) is 55.5 cm³/mol. The number of hydrogen-bond donors (Lipinski definition) is 1. The van der Waals surface area contributed by atoms with Gasteiger partial charge < -0.3 is 0 Å². The average Bonchev–Trinajstić information content (AvgIpc) is 1.88. The summed E-state index contributed by atoms with van der Waals surface area (Å²) >= 11 is 4.23. The normalized spacial score (nSPS) is 15.3. The molecule has 0 radical (unpaired) electrons. The first-order valence-electron chi connectivity index (χ1n) is 3.48. The minimum atomic E-state index is 0.0347. The van der Waals surface area contributed by atoms with E-state index >= 15 is 0 Å². The molecule has 0 fully saturated rings. The van der Waals surface area contributed by atoms with Gasteiger partial charge in [0.15, 0.2) is 0 Å². The zero-order valence-electron chi connectivity index (χ0n) is 7.39. The molecule has 0 aliphatic carbocycles. The quantitative estimate of drug-likeness (QED) is 0.379. The second-order valence-electron chi connectivity index (χ2n) is 2.70. The van der Waals surface area contributed by atoms with Gasteiger partial charge >= 0.3 is 0 Å². The Hall–Kier alpha value is -0.500. The molecule has 0 aromatic carbocycles. The van der Waals surface area contributed by atoms with Crippen LogP contribution in [-0.2, 0) is 0 Å². The van der Waals surface area contributed by atoms with Crippen LogP contribution in [0.15, 0.2) is 27.6 Å². The SMILES string of the molecule is C=NC(C(=C)C)/C(C)=C(\C)S. The van der Waals surface area contributed by atoms with E-state index in [0.717, 1.165) is 16.1 Å². The molecule has 0 N–H and O–H groups in total. The van der Waals surface area contributed by atoms with E-state index in [-0.39, 0.29) is 6.04 Å². The van der Waals surface area contributed by atoms with Crippen molar-refractivity contribution in [3.63, 3.8) is 0 Å². The van der Waals surface area contributed by atoms with E-state index in [4.69, 9.17) is 0 Å². The van der Waals surface area contributed by atoms with E-state index in [9.17, 15) is 0 Å². The topological polar surface area (TPSA) is 12.4 Å². The largest absolute Gasteiger partial charge is 0.289 e. The van der Waals surface area contributed by atoms with Gasteiger partial charge in [0, 0.05) is 0 Å². The highest BCUT2D eigenvalue weighted by Crippen LogP contribution is 2.18. The van der Waals surface area contributed by atoms with Crippen molar-refractivity contribution in [2.45, 2.75) is 26.8 Å². The monoisotopic (exact) mass is 169 g/mol. The highest BCUT2D eigenvalue weighted by atomic mass is 32.1. The van der Waals surface area contributed by atoms with Gasteiger partial charge in [-0.05, 0) is 38.0 Å². The van der Waals surface area contributed by atoms with E-state index in [2.05, 4.69) is 30.9 Å². The lowest BCUT2D eigenvalue weighted by Crippen LogP contribution is -2.07. The van der Waals surface area contributed by atoms with Gasteiger partial charge in [-0.15, -0.1) is 12.6 Å². The van der Waals surface area contributed by atoms with Gasteiger partial charge in [-0.3, -0.25) is 4.99 Å². The van der Waals surface area contributed by atoms with Crippen LogP contribution in [0.5, 0.6) is 0 Å². The lowest BCUT2D eigenvalue weighted by atomic mass is 10.0. The van der Waals surface area contributed by atoms with E-state index in [1.54, 1.807) is 0 Å². The second kappa shape index (κ2) is 4.39. The van der Waals surface area contributed by atoms with Gasteiger partial charge in [0.05, 0.1) is 6.04 Å². The molecule has 0 heterocycles. The fourth-order valence-corrected chi connectivity index (χ4v) is 0.983. The summed E-state index contributed by atoms with van der Waals surface area (Å²) in [5.74, 6) is 0. The summed E-state index contributed by atoms with van der Waals surface area (Å²) in [6.45, 7) is 13.2. The highest BCUT2D eigenvalue weighted by Gasteiger charge is 2.08. The van der Waals surface area contributed by atoms with Crippen LogP contribution < -0.4 is 0 Å². The van der Waals surface area contributed by atoms with E-state index in [1.165, 1.54) is 0 Å². The van der Waals surface area contributed by atoms with E-state index in [1.807, 2.05) is 20.8 Å². The third-order valence-electron chi connectivity index (χ3n) is 1.63. The number of allylic oxidation sites excluding steroid dienone is 1. The number of rotatable bonds is 3. The summed E-state index contributed by atoms with van der Waals surface area (Å²) in [5.41, 5.74) is 2.13. The molecule has 0 saturated carbocycles. The van der Waals surface area contributed by atoms with Crippen LogP contribution >= 0.6 is 12.6 Å². The minimum Gasteiger partial charge on any atom is -0.289 e. The zero-order chi connectivity index (χ0) is 9.02. The van der Waals surface area contributed by atoms with Gasteiger partial charge in [0.25, 0.3) is 0 Å². The highest BCUT2D eigenvalue weighted by molar-refractivity contribution is 7.84. The Bertz CT molecular complexity index is 200. The zero-order valence-corrected chi connectivity index (χ0v) is 8.28. The molecule has 0 amide bonds. The van der Waals surface area contributed by atoms with Crippen LogP contribution in [0.1, 0.15) is 20.8 Å². The third kappa shape index (κ3) is 2.93. The van der Waals surface area contributed by atoms with Gasteiger partial charge in [-0.1, -0.05) is 12.2 Å². The Kier molecular flexibility index (Phi) is 4.19. The summed E-state index contributed by atoms with van der Waals surface area (Å²) in [4.78, 5) is 4.94. The lowest BCUT2D eigenvalue weighted by molar-refractivity contribution is 0.894. The van der Waals surface area contributed by atoms with Crippen molar-refractivity contribution in [2.75, 3.05) is 0 Å². The molecule has 0 rings (SSSR count). The fourth-order valence-electron chi connectivity index (χ4n) is 0.860. The third-order valence-corrected chi connectivity index (χ3v) is 1.98. The maximum atomic E-state index is 4.23. The van der Waals surface area contributed by atoms with Crippen molar-refractivity contribution in [2.24, 2.45) is 4.99 Å². The summed E-state index contributed by atoms with van der Waals surface area (Å²) in [5, 5.41) is 0. The maximum Gasteiger partial charge on any atom is 0.0914 e. The molecular formula is C9H15NS. The molecule has 1 nitrogen and oxygen atoms in total. The molecular weight excluding hydrogens is 154 g/mol. The fraction of sp³-hybridized carbons (Fsp3) is 0.444. The molecule has 0 aromatic heterocycles. The Morgan fingerprint density at radius 1 is 1.36 bits per heavy atom. The molecule has 0 aliphatic heterocycles. The minimum absolute atomic E-state index is 0.0347. The van der Waals surface area contributed by atoms with E-state index < -0.39 is 0 Å². The molecule has 11 heavy (non-hydrogen) atoms. The number of hydrogen-bond acceptors (Lipinski definition) is 2. The van der Waals surface area contributed by atoms with Crippen LogP contribution in [-0.4, -0.2) is 12.8 Å². The average molecular weight is 169 g/mol. The molecule has 62 valence electrons. The van der Waals surface area contributed by atoms with Crippen LogP contribution in [0.4, 0.5) is 0 Å². The lowest BCUT2D eigenvalue weighted by Gasteiger charge is -2.13. The Morgan fingerprint density at radius 3 is 1.91 bits per heavy atom. The number of aliphatic imine (C=N–C) groups is 1. The summed E-state index contributed by atoms with van der Waals surface area (Å²) in [7, 11) is 0. The smallest absolute Gasteiger partial charge is 0.0914 e. The van der Waals surface area contributed by atoms with Gasteiger partial charge in [0.2, 0.25) is 0 Å². The number of nitrogens with zero attached hydrogens (tertiary/aromatic N) is 1. The van der Waals surface area contributed by atoms with Crippen molar-refractivity contribution >= 4 is 19.3 Å². The number of thiol groups is 1. The van der Waals surface area contributed by atoms with Gasteiger partial charge in [-0.2, -0.15) is 0 Å². The van der Waals surface area contributed by atoms with Gasteiger partial charge in [0.1, 0.15) is 0 Å². The molecule has 0 spiro atoms. The maximum absolute atomic E-state index is 4.23. The Morgan fingerprint density at radius 2 is 1.82 bits per heavy atom. The standard InChI is InChI=1S/C9H15NS/c1-6(2)9(10-5)7(3)8(4)11/h9,11H,1,5H2,2-4H3/b8-7+.